The van der Waals surface area contributed by atoms with Crippen LogP contribution in [0.25, 0.3) is 5.57 Å². The number of rotatable bonds is 3. The minimum atomic E-state index is 0.371. The Labute approximate surface area is 110 Å². The van der Waals surface area contributed by atoms with Gasteiger partial charge >= 0.3 is 0 Å². The summed E-state index contributed by atoms with van der Waals surface area (Å²) in [5, 5.41) is 9.78. The average Bonchev–Trinajstić information content (AvgIpc) is 2.32. The summed E-state index contributed by atoms with van der Waals surface area (Å²) in [6.45, 7) is 8.37. The maximum absolute atomic E-state index is 9.78. The van der Waals surface area contributed by atoms with Crippen LogP contribution in [0.4, 0.5) is 0 Å². The van der Waals surface area contributed by atoms with Gasteiger partial charge in [-0.1, -0.05) is 32.1 Å². The predicted molar refractivity (Wildman–Crippen MR) is 77.6 cm³/mol. The lowest BCUT2D eigenvalue weighted by Gasteiger charge is -2.28. The van der Waals surface area contributed by atoms with E-state index in [-0.39, 0.29) is 0 Å². The van der Waals surface area contributed by atoms with Gasteiger partial charge in [-0.15, -0.1) is 6.58 Å². The fourth-order valence-electron chi connectivity index (χ4n) is 2.44. The molecule has 1 aliphatic rings. The van der Waals surface area contributed by atoms with Crippen LogP contribution in [0.3, 0.4) is 0 Å². The van der Waals surface area contributed by atoms with Crippen molar-refractivity contribution in [1.29, 1.82) is 0 Å². The highest BCUT2D eigenvalue weighted by molar-refractivity contribution is 5.68. The number of phenols is 1. The van der Waals surface area contributed by atoms with Gasteiger partial charge in [-0.2, -0.15) is 0 Å². The van der Waals surface area contributed by atoms with Gasteiger partial charge in [0.05, 0.1) is 0 Å². The molecule has 0 atom stereocenters. The first-order valence-electron chi connectivity index (χ1n) is 6.64. The van der Waals surface area contributed by atoms with Gasteiger partial charge in [-0.25, -0.2) is 0 Å². The zero-order valence-electron chi connectivity index (χ0n) is 11.4. The van der Waals surface area contributed by atoms with Gasteiger partial charge in [-0.05, 0) is 59.9 Å². The molecule has 0 aromatic heterocycles. The number of hydrogen-bond donors (Lipinski definition) is 1. The third kappa shape index (κ3) is 2.84. The summed E-state index contributed by atoms with van der Waals surface area (Å²) < 4.78 is 0. The highest BCUT2D eigenvalue weighted by Crippen LogP contribution is 2.38. The lowest BCUT2D eigenvalue weighted by molar-refractivity contribution is 0.335. The fourth-order valence-corrected chi connectivity index (χ4v) is 2.44. The second kappa shape index (κ2) is 5.01. The van der Waals surface area contributed by atoms with Crippen molar-refractivity contribution in [3.05, 3.63) is 48.1 Å². The van der Waals surface area contributed by atoms with Crippen molar-refractivity contribution in [3.63, 3.8) is 0 Å². The van der Waals surface area contributed by atoms with Crippen molar-refractivity contribution >= 4 is 5.57 Å². The lowest BCUT2D eigenvalue weighted by Crippen LogP contribution is -2.14. The molecular weight excluding hydrogens is 220 g/mol. The van der Waals surface area contributed by atoms with E-state index < -0.39 is 0 Å². The van der Waals surface area contributed by atoms with Crippen molar-refractivity contribution in [3.8, 4) is 5.75 Å². The van der Waals surface area contributed by atoms with Crippen molar-refractivity contribution in [2.75, 3.05) is 0 Å². The minimum Gasteiger partial charge on any atom is -0.508 e. The highest BCUT2D eigenvalue weighted by Gasteiger charge is 2.22. The van der Waals surface area contributed by atoms with Crippen LogP contribution >= 0.6 is 0 Å². The largest absolute Gasteiger partial charge is 0.508 e. The Balaban J connectivity index is 2.27. The summed E-state index contributed by atoms with van der Waals surface area (Å²) in [4.78, 5) is 0. The zero-order valence-corrected chi connectivity index (χ0v) is 11.4. The third-order valence-corrected chi connectivity index (χ3v) is 3.79. The van der Waals surface area contributed by atoms with Gasteiger partial charge in [0.1, 0.15) is 5.75 Å². The first kappa shape index (κ1) is 12.9. The molecule has 0 bridgehead atoms. The van der Waals surface area contributed by atoms with E-state index in [1.165, 1.54) is 17.6 Å². The molecule has 1 aromatic carbocycles. The number of phenolic OH excluding ortho intramolecular Hbond substituents is 1. The fraction of sp³-hybridized carbons (Fsp3) is 0.412. The SMILES string of the molecule is C=CCc1cc(C2=CCC(C)(C)CC2)ccc1O. The van der Waals surface area contributed by atoms with Crippen molar-refractivity contribution < 1.29 is 5.11 Å². The Morgan fingerprint density at radius 2 is 2.17 bits per heavy atom. The van der Waals surface area contributed by atoms with Gasteiger partial charge in [-0.3, -0.25) is 0 Å². The molecule has 18 heavy (non-hydrogen) atoms. The monoisotopic (exact) mass is 242 g/mol. The Hall–Kier alpha value is -1.50. The molecular formula is C17H22O. The standard InChI is InChI=1S/C17H22O/c1-4-5-15-12-14(6-7-16(15)18)13-8-10-17(2,3)11-9-13/h4,6-8,12,18H,1,5,9-11H2,2-3H3. The Morgan fingerprint density at radius 3 is 2.78 bits per heavy atom. The maximum atomic E-state index is 9.78. The van der Waals surface area contributed by atoms with E-state index in [9.17, 15) is 5.11 Å². The van der Waals surface area contributed by atoms with Crippen LogP contribution < -0.4 is 0 Å². The first-order chi connectivity index (χ1) is 8.52. The van der Waals surface area contributed by atoms with Gasteiger partial charge < -0.3 is 5.11 Å². The van der Waals surface area contributed by atoms with Crippen molar-refractivity contribution in [2.45, 2.75) is 39.5 Å². The van der Waals surface area contributed by atoms with Crippen LogP contribution in [-0.4, -0.2) is 5.11 Å². The Morgan fingerprint density at radius 1 is 1.39 bits per heavy atom. The number of allylic oxidation sites excluding steroid dienone is 3. The molecule has 1 N–H and O–H groups in total. The number of hydrogen-bond acceptors (Lipinski definition) is 1. The molecule has 0 saturated heterocycles. The topological polar surface area (TPSA) is 20.2 Å². The van der Waals surface area contributed by atoms with E-state index in [0.717, 1.165) is 24.8 Å². The average molecular weight is 242 g/mol. The van der Waals surface area contributed by atoms with Crippen LogP contribution in [0.5, 0.6) is 5.75 Å². The predicted octanol–water partition coefficient (Wildman–Crippen LogP) is 4.71. The molecule has 1 nitrogen and oxygen atoms in total. The van der Waals surface area contributed by atoms with E-state index in [4.69, 9.17) is 0 Å². The lowest BCUT2D eigenvalue weighted by atomic mass is 9.77. The summed E-state index contributed by atoms with van der Waals surface area (Å²) in [6.07, 6.45) is 8.41. The molecule has 0 heterocycles. The van der Waals surface area contributed by atoms with Gasteiger partial charge in [0.25, 0.3) is 0 Å². The summed E-state index contributed by atoms with van der Waals surface area (Å²) in [5.41, 5.74) is 4.07. The van der Waals surface area contributed by atoms with E-state index in [1.807, 2.05) is 12.1 Å². The van der Waals surface area contributed by atoms with E-state index in [2.05, 4.69) is 32.6 Å². The second-order valence-corrected chi connectivity index (χ2v) is 5.93. The molecule has 0 saturated carbocycles. The molecule has 1 aromatic rings. The van der Waals surface area contributed by atoms with Crippen LogP contribution in [0.2, 0.25) is 0 Å². The van der Waals surface area contributed by atoms with E-state index in [0.29, 0.717) is 11.2 Å². The number of benzene rings is 1. The van der Waals surface area contributed by atoms with Crippen LogP contribution in [0.15, 0.2) is 36.9 Å². The molecule has 0 spiro atoms. The molecule has 2 rings (SSSR count). The maximum Gasteiger partial charge on any atom is 0.119 e. The summed E-state index contributed by atoms with van der Waals surface area (Å²) in [6, 6.07) is 5.92. The van der Waals surface area contributed by atoms with Crippen LogP contribution in [-0.2, 0) is 6.42 Å². The molecule has 96 valence electrons. The summed E-state index contributed by atoms with van der Waals surface area (Å²) in [7, 11) is 0. The van der Waals surface area contributed by atoms with Crippen LogP contribution in [0, 0.1) is 5.41 Å². The zero-order chi connectivity index (χ0) is 13.2. The number of aromatic hydroxyl groups is 1. The third-order valence-electron chi connectivity index (χ3n) is 3.79. The molecule has 1 aliphatic carbocycles. The smallest absolute Gasteiger partial charge is 0.119 e. The van der Waals surface area contributed by atoms with Crippen LogP contribution in [0.1, 0.15) is 44.2 Å². The van der Waals surface area contributed by atoms with Gasteiger partial charge in [0, 0.05) is 0 Å². The molecule has 0 fully saturated rings. The molecule has 0 unspecified atom stereocenters. The normalized spacial score (nSPS) is 18.2. The van der Waals surface area contributed by atoms with E-state index >= 15 is 0 Å². The Kier molecular flexibility index (Phi) is 3.60. The highest BCUT2D eigenvalue weighted by atomic mass is 16.3. The quantitative estimate of drug-likeness (QED) is 0.761. The van der Waals surface area contributed by atoms with E-state index in [1.54, 1.807) is 6.07 Å². The van der Waals surface area contributed by atoms with Gasteiger partial charge in [0.2, 0.25) is 0 Å². The summed E-state index contributed by atoms with van der Waals surface area (Å²) in [5.74, 6) is 0.371. The Bertz CT molecular complexity index is 480. The summed E-state index contributed by atoms with van der Waals surface area (Å²) >= 11 is 0. The first-order valence-corrected chi connectivity index (χ1v) is 6.64. The van der Waals surface area contributed by atoms with Crippen molar-refractivity contribution in [1.82, 2.24) is 0 Å². The van der Waals surface area contributed by atoms with Crippen molar-refractivity contribution in [2.24, 2.45) is 5.41 Å². The molecule has 0 radical (unpaired) electrons. The molecule has 1 heteroatoms. The second-order valence-electron chi connectivity index (χ2n) is 5.93. The van der Waals surface area contributed by atoms with Gasteiger partial charge in [0.15, 0.2) is 0 Å². The minimum absolute atomic E-state index is 0.371. The molecule has 0 aliphatic heterocycles. The molecule has 0 amide bonds.